The van der Waals surface area contributed by atoms with Gasteiger partial charge in [-0.15, -0.1) is 11.8 Å². The molecule has 0 bridgehead atoms. The van der Waals surface area contributed by atoms with Crippen molar-refractivity contribution < 1.29 is 29.6 Å². The second-order valence-electron chi connectivity index (χ2n) is 7.13. The lowest BCUT2D eigenvalue weighted by Crippen LogP contribution is -2.26. The summed E-state index contributed by atoms with van der Waals surface area (Å²) in [5.41, 5.74) is 1.83. The number of aliphatic hydroxyl groups excluding tert-OH is 1. The molecular formula is C25H24O6S. The first kappa shape index (κ1) is 23.4. The Hall–Kier alpha value is -3.29. The number of aliphatic carboxylic acids is 1. The summed E-state index contributed by atoms with van der Waals surface area (Å²) < 4.78 is 5.96. The Morgan fingerprint density at radius 2 is 1.62 bits per heavy atom. The predicted molar refractivity (Wildman–Crippen MR) is 122 cm³/mol. The quantitative estimate of drug-likeness (QED) is 0.287. The number of benzene rings is 3. The van der Waals surface area contributed by atoms with Crippen molar-refractivity contribution in [2.45, 2.75) is 29.1 Å². The highest BCUT2D eigenvalue weighted by molar-refractivity contribution is 7.99. The maximum absolute atomic E-state index is 11.6. The van der Waals surface area contributed by atoms with Gasteiger partial charge in [0.2, 0.25) is 0 Å². The molecule has 7 heteroatoms. The standard InChI is InChI=1S/C25H24O6S/c26-22(25(29)30)23(32-19-12-6-11-18(16-19)24(27)28)20-13-4-5-14-21(20)31-15-7-10-17-8-2-1-3-9-17/h1-6,8-9,11-14,16,22-23,26H,7,10,15H2,(H,27,28)(H,29,30). The van der Waals surface area contributed by atoms with Crippen LogP contribution in [-0.4, -0.2) is 40.0 Å². The number of aliphatic hydroxyl groups is 1. The fourth-order valence-corrected chi connectivity index (χ4v) is 4.44. The molecule has 0 saturated heterocycles. The van der Waals surface area contributed by atoms with Crippen LogP contribution >= 0.6 is 11.8 Å². The Balaban J connectivity index is 1.78. The minimum atomic E-state index is -1.71. The maximum atomic E-state index is 11.6. The number of hydrogen-bond acceptors (Lipinski definition) is 5. The van der Waals surface area contributed by atoms with E-state index in [2.05, 4.69) is 12.1 Å². The molecule has 2 atom stereocenters. The molecule has 0 spiro atoms. The third-order valence-corrected chi connectivity index (χ3v) is 6.11. The van der Waals surface area contributed by atoms with Gasteiger partial charge in [-0.25, -0.2) is 9.59 Å². The van der Waals surface area contributed by atoms with E-state index in [0.29, 0.717) is 22.8 Å². The Morgan fingerprint density at radius 1 is 0.906 bits per heavy atom. The number of hydrogen-bond donors (Lipinski definition) is 3. The van der Waals surface area contributed by atoms with E-state index in [0.717, 1.165) is 24.6 Å². The Kier molecular flexibility index (Phi) is 8.30. The van der Waals surface area contributed by atoms with Crippen LogP contribution in [0.15, 0.2) is 83.8 Å². The Morgan fingerprint density at radius 3 is 2.34 bits per heavy atom. The van der Waals surface area contributed by atoms with Gasteiger partial charge in [0.05, 0.1) is 17.4 Å². The summed E-state index contributed by atoms with van der Waals surface area (Å²) in [7, 11) is 0. The van der Waals surface area contributed by atoms with E-state index in [9.17, 15) is 24.9 Å². The van der Waals surface area contributed by atoms with Gasteiger partial charge in [-0.2, -0.15) is 0 Å². The number of carboxylic acid groups (broad SMARTS) is 2. The summed E-state index contributed by atoms with van der Waals surface area (Å²) in [6.07, 6.45) is -0.0817. The summed E-state index contributed by atoms with van der Waals surface area (Å²) in [5.74, 6) is -1.95. The van der Waals surface area contributed by atoms with Crippen LogP contribution in [0, 0.1) is 0 Å². The van der Waals surface area contributed by atoms with E-state index in [-0.39, 0.29) is 5.56 Å². The van der Waals surface area contributed by atoms with Gasteiger partial charge in [0.15, 0.2) is 6.10 Å². The molecule has 0 aromatic heterocycles. The van der Waals surface area contributed by atoms with Crippen LogP contribution in [0.3, 0.4) is 0 Å². The van der Waals surface area contributed by atoms with Gasteiger partial charge in [-0.05, 0) is 42.7 Å². The molecule has 3 aromatic rings. The summed E-state index contributed by atoms with van der Waals surface area (Å²) in [5, 5.41) is 28.2. The molecule has 0 aliphatic heterocycles. The average molecular weight is 453 g/mol. The molecule has 0 heterocycles. The third kappa shape index (κ3) is 6.35. The van der Waals surface area contributed by atoms with Crippen molar-refractivity contribution >= 4 is 23.7 Å². The second kappa shape index (κ2) is 11.4. The number of rotatable bonds is 11. The molecule has 3 rings (SSSR count). The number of aromatic carboxylic acids is 1. The van der Waals surface area contributed by atoms with E-state index in [1.54, 1.807) is 36.4 Å². The normalized spacial score (nSPS) is 12.7. The summed E-state index contributed by atoms with van der Waals surface area (Å²) in [4.78, 5) is 23.4. The van der Waals surface area contributed by atoms with Gasteiger partial charge in [0.1, 0.15) is 5.75 Å². The van der Waals surface area contributed by atoms with Crippen molar-refractivity contribution in [2.24, 2.45) is 0 Å². The lowest BCUT2D eigenvalue weighted by molar-refractivity contribution is -0.146. The lowest BCUT2D eigenvalue weighted by Gasteiger charge is -2.23. The molecule has 0 aliphatic carbocycles. The number of aryl methyl sites for hydroxylation is 1. The molecule has 3 N–H and O–H groups in total. The average Bonchev–Trinajstić information content (AvgIpc) is 2.81. The van der Waals surface area contributed by atoms with Gasteiger partial charge in [0.25, 0.3) is 0 Å². The molecule has 0 radical (unpaired) electrons. The number of carboxylic acids is 2. The van der Waals surface area contributed by atoms with E-state index in [1.807, 2.05) is 18.2 Å². The second-order valence-corrected chi connectivity index (χ2v) is 8.34. The van der Waals surface area contributed by atoms with Crippen LogP contribution in [-0.2, 0) is 11.2 Å². The zero-order chi connectivity index (χ0) is 22.9. The first-order valence-corrected chi connectivity index (χ1v) is 11.0. The highest BCUT2D eigenvalue weighted by atomic mass is 32.2. The largest absolute Gasteiger partial charge is 0.493 e. The SMILES string of the molecule is O=C(O)c1cccc(SC(c2ccccc2OCCCc2ccccc2)C(O)C(=O)O)c1. The maximum Gasteiger partial charge on any atom is 0.335 e. The molecule has 166 valence electrons. The predicted octanol–water partition coefficient (Wildman–Crippen LogP) is 4.68. The number of thioether (sulfide) groups is 1. The van der Waals surface area contributed by atoms with Crippen molar-refractivity contribution in [1.82, 2.24) is 0 Å². The molecule has 0 saturated carbocycles. The van der Waals surface area contributed by atoms with Crippen molar-refractivity contribution in [3.63, 3.8) is 0 Å². The molecule has 6 nitrogen and oxygen atoms in total. The van der Waals surface area contributed by atoms with Crippen LogP contribution < -0.4 is 4.74 Å². The molecule has 0 amide bonds. The molecule has 0 aliphatic rings. The van der Waals surface area contributed by atoms with E-state index >= 15 is 0 Å². The van der Waals surface area contributed by atoms with Crippen molar-refractivity contribution in [3.8, 4) is 5.75 Å². The van der Waals surface area contributed by atoms with Crippen molar-refractivity contribution in [1.29, 1.82) is 0 Å². The fourth-order valence-electron chi connectivity index (χ4n) is 3.23. The van der Waals surface area contributed by atoms with Gasteiger partial charge in [-0.3, -0.25) is 0 Å². The van der Waals surface area contributed by atoms with Crippen molar-refractivity contribution in [2.75, 3.05) is 6.61 Å². The van der Waals surface area contributed by atoms with Crippen LogP contribution in [0.5, 0.6) is 5.75 Å². The minimum Gasteiger partial charge on any atom is -0.493 e. The summed E-state index contributed by atoms with van der Waals surface area (Å²) in [6, 6.07) is 23.2. The van der Waals surface area contributed by atoms with Crippen LogP contribution in [0.1, 0.15) is 33.2 Å². The monoisotopic (exact) mass is 452 g/mol. The van der Waals surface area contributed by atoms with Gasteiger partial charge in [-0.1, -0.05) is 54.6 Å². The molecular weight excluding hydrogens is 428 g/mol. The van der Waals surface area contributed by atoms with Crippen LogP contribution in [0.4, 0.5) is 0 Å². The van der Waals surface area contributed by atoms with Crippen LogP contribution in [0.25, 0.3) is 0 Å². The first-order valence-electron chi connectivity index (χ1n) is 10.1. The number of ether oxygens (including phenoxy) is 1. The zero-order valence-corrected chi connectivity index (χ0v) is 18.1. The van der Waals surface area contributed by atoms with E-state index < -0.39 is 23.3 Å². The zero-order valence-electron chi connectivity index (χ0n) is 17.3. The highest BCUT2D eigenvalue weighted by Crippen LogP contribution is 2.42. The molecule has 2 unspecified atom stereocenters. The number of para-hydroxylation sites is 1. The minimum absolute atomic E-state index is 0.0870. The summed E-state index contributed by atoms with van der Waals surface area (Å²) in [6.45, 7) is 0.432. The van der Waals surface area contributed by atoms with Crippen LogP contribution in [0.2, 0.25) is 0 Å². The third-order valence-electron chi connectivity index (χ3n) is 4.82. The Labute approximate surface area is 190 Å². The van der Waals surface area contributed by atoms with Gasteiger partial charge >= 0.3 is 11.9 Å². The smallest absolute Gasteiger partial charge is 0.335 e. The van der Waals surface area contributed by atoms with Gasteiger partial charge < -0.3 is 20.1 Å². The summed E-state index contributed by atoms with van der Waals surface area (Å²) >= 11 is 1.09. The van der Waals surface area contributed by atoms with E-state index in [1.165, 1.54) is 17.7 Å². The Bertz CT molecular complexity index is 1050. The molecule has 32 heavy (non-hydrogen) atoms. The first-order chi connectivity index (χ1) is 15.5. The molecule has 3 aromatic carbocycles. The fraction of sp³-hybridized carbons (Fsp3) is 0.200. The molecule has 0 fully saturated rings. The topological polar surface area (TPSA) is 104 Å². The lowest BCUT2D eigenvalue weighted by atomic mass is 10.1. The van der Waals surface area contributed by atoms with Crippen molar-refractivity contribution in [3.05, 3.63) is 95.6 Å². The highest BCUT2D eigenvalue weighted by Gasteiger charge is 2.31. The number of carbonyl (C=O) groups is 2. The van der Waals surface area contributed by atoms with E-state index in [4.69, 9.17) is 4.74 Å². The van der Waals surface area contributed by atoms with Gasteiger partial charge in [0, 0.05) is 10.5 Å².